The van der Waals surface area contributed by atoms with Crippen LogP contribution in [0.25, 0.3) is 0 Å². The van der Waals surface area contributed by atoms with Crippen LogP contribution in [0.15, 0.2) is 42.5 Å². The number of para-hydroxylation sites is 1. The number of nitrogens with zero attached hydrogens (tertiary/aromatic N) is 2. The molecule has 0 unspecified atom stereocenters. The van der Waals surface area contributed by atoms with Gasteiger partial charge in [0.05, 0.1) is 0 Å². The minimum atomic E-state index is 0.735. The van der Waals surface area contributed by atoms with Crippen molar-refractivity contribution in [2.24, 2.45) is 0 Å². The molecule has 0 saturated heterocycles. The Balaban J connectivity index is 1.80. The molecule has 104 valence electrons. The maximum absolute atomic E-state index is 4.65. The number of aryl methyl sites for hydroxylation is 1. The number of aromatic nitrogens is 1. The van der Waals surface area contributed by atoms with Gasteiger partial charge in [-0.1, -0.05) is 18.2 Å². The van der Waals surface area contributed by atoms with E-state index in [1.807, 2.05) is 6.07 Å². The number of hydrogen-bond donors (Lipinski definition) is 1. The van der Waals surface area contributed by atoms with Crippen molar-refractivity contribution in [1.29, 1.82) is 0 Å². The molecule has 1 heterocycles. The third kappa shape index (κ3) is 3.17. The molecular weight excluding hydrogens is 246 g/mol. The van der Waals surface area contributed by atoms with Gasteiger partial charge in [-0.2, -0.15) is 0 Å². The standard InChI is InChI=1S/C17H21N3/c1-13-10-14(12-18-15-8-9-15)11-17(19-13)20(2)16-6-4-3-5-7-16/h3-7,10-11,15,18H,8-9,12H2,1-2H3. The molecule has 0 amide bonds. The quantitative estimate of drug-likeness (QED) is 0.900. The molecule has 1 aliphatic rings. The minimum Gasteiger partial charge on any atom is -0.329 e. The van der Waals surface area contributed by atoms with E-state index in [0.717, 1.165) is 29.8 Å². The molecule has 0 radical (unpaired) electrons. The summed E-state index contributed by atoms with van der Waals surface area (Å²) in [5, 5.41) is 3.56. The molecule has 0 bridgehead atoms. The minimum absolute atomic E-state index is 0.735. The highest BCUT2D eigenvalue weighted by molar-refractivity contribution is 5.59. The smallest absolute Gasteiger partial charge is 0.133 e. The number of rotatable bonds is 5. The lowest BCUT2D eigenvalue weighted by molar-refractivity contribution is 0.686. The lowest BCUT2D eigenvalue weighted by Crippen LogP contribution is -2.17. The second kappa shape index (κ2) is 5.63. The summed E-state index contributed by atoms with van der Waals surface area (Å²) in [5.74, 6) is 1.00. The molecule has 1 aromatic carbocycles. The number of pyridine rings is 1. The van der Waals surface area contributed by atoms with Gasteiger partial charge in [0.15, 0.2) is 0 Å². The zero-order valence-electron chi connectivity index (χ0n) is 12.1. The van der Waals surface area contributed by atoms with Gasteiger partial charge in [0.2, 0.25) is 0 Å². The molecule has 20 heavy (non-hydrogen) atoms. The van der Waals surface area contributed by atoms with Crippen molar-refractivity contribution in [3.05, 3.63) is 53.7 Å². The summed E-state index contributed by atoms with van der Waals surface area (Å²) in [6.07, 6.45) is 2.64. The van der Waals surface area contributed by atoms with E-state index in [-0.39, 0.29) is 0 Å². The van der Waals surface area contributed by atoms with Crippen LogP contribution < -0.4 is 10.2 Å². The summed E-state index contributed by atoms with van der Waals surface area (Å²) in [5.41, 5.74) is 3.53. The van der Waals surface area contributed by atoms with Gasteiger partial charge < -0.3 is 10.2 Å². The highest BCUT2D eigenvalue weighted by Crippen LogP contribution is 2.24. The summed E-state index contributed by atoms with van der Waals surface area (Å²) >= 11 is 0. The topological polar surface area (TPSA) is 28.2 Å². The van der Waals surface area contributed by atoms with E-state index in [2.05, 4.69) is 65.6 Å². The third-order valence-corrected chi connectivity index (χ3v) is 3.66. The van der Waals surface area contributed by atoms with Crippen LogP contribution in [0, 0.1) is 6.92 Å². The van der Waals surface area contributed by atoms with Crippen molar-refractivity contribution < 1.29 is 0 Å². The molecule has 1 saturated carbocycles. The first-order chi connectivity index (χ1) is 9.72. The average Bonchev–Trinajstić information content (AvgIpc) is 3.29. The molecular formula is C17H21N3. The Kier molecular flexibility index (Phi) is 3.70. The van der Waals surface area contributed by atoms with Gasteiger partial charge in [0, 0.05) is 31.0 Å². The van der Waals surface area contributed by atoms with Crippen molar-refractivity contribution in [3.63, 3.8) is 0 Å². The Bertz CT molecular complexity index is 576. The molecule has 0 atom stereocenters. The lowest BCUT2D eigenvalue weighted by Gasteiger charge is -2.19. The van der Waals surface area contributed by atoms with Crippen molar-refractivity contribution in [3.8, 4) is 0 Å². The Hall–Kier alpha value is -1.87. The summed E-state index contributed by atoms with van der Waals surface area (Å²) < 4.78 is 0. The molecule has 1 fully saturated rings. The van der Waals surface area contributed by atoms with Crippen molar-refractivity contribution in [2.75, 3.05) is 11.9 Å². The van der Waals surface area contributed by atoms with E-state index in [9.17, 15) is 0 Å². The first kappa shape index (κ1) is 13.1. The zero-order chi connectivity index (χ0) is 13.9. The van der Waals surface area contributed by atoms with E-state index in [1.165, 1.54) is 18.4 Å². The van der Waals surface area contributed by atoms with Gasteiger partial charge in [-0.05, 0) is 49.6 Å². The summed E-state index contributed by atoms with van der Waals surface area (Å²) in [7, 11) is 2.06. The summed E-state index contributed by atoms with van der Waals surface area (Å²) in [6.45, 7) is 2.99. The van der Waals surface area contributed by atoms with E-state index in [4.69, 9.17) is 0 Å². The molecule has 3 rings (SSSR count). The second-order valence-electron chi connectivity index (χ2n) is 5.52. The predicted molar refractivity (Wildman–Crippen MR) is 83.3 cm³/mol. The third-order valence-electron chi connectivity index (χ3n) is 3.66. The monoisotopic (exact) mass is 267 g/mol. The molecule has 0 aliphatic heterocycles. The Morgan fingerprint density at radius 1 is 1.20 bits per heavy atom. The van der Waals surface area contributed by atoms with Crippen LogP contribution in [0.4, 0.5) is 11.5 Å². The number of anilines is 2. The van der Waals surface area contributed by atoms with Gasteiger partial charge in [0.1, 0.15) is 5.82 Å². The fraction of sp³-hybridized carbons (Fsp3) is 0.353. The fourth-order valence-corrected chi connectivity index (χ4v) is 2.33. The predicted octanol–water partition coefficient (Wildman–Crippen LogP) is 3.41. The van der Waals surface area contributed by atoms with Crippen molar-refractivity contribution >= 4 is 11.5 Å². The number of hydrogen-bond acceptors (Lipinski definition) is 3. The largest absolute Gasteiger partial charge is 0.329 e. The average molecular weight is 267 g/mol. The maximum atomic E-state index is 4.65. The Morgan fingerprint density at radius 3 is 2.65 bits per heavy atom. The molecule has 1 aliphatic carbocycles. The Morgan fingerprint density at radius 2 is 1.95 bits per heavy atom. The fourth-order valence-electron chi connectivity index (χ4n) is 2.33. The van der Waals surface area contributed by atoms with Gasteiger partial charge in [-0.25, -0.2) is 4.98 Å². The van der Waals surface area contributed by atoms with Crippen LogP contribution in [0.3, 0.4) is 0 Å². The van der Waals surface area contributed by atoms with Crippen LogP contribution in [-0.4, -0.2) is 18.1 Å². The number of benzene rings is 1. The molecule has 3 heteroatoms. The lowest BCUT2D eigenvalue weighted by atomic mass is 10.2. The van der Waals surface area contributed by atoms with E-state index >= 15 is 0 Å². The van der Waals surface area contributed by atoms with Crippen LogP contribution in [0.2, 0.25) is 0 Å². The molecule has 2 aromatic rings. The highest BCUT2D eigenvalue weighted by Gasteiger charge is 2.20. The van der Waals surface area contributed by atoms with Gasteiger partial charge >= 0.3 is 0 Å². The highest BCUT2D eigenvalue weighted by atomic mass is 15.2. The first-order valence-electron chi connectivity index (χ1n) is 7.22. The van der Waals surface area contributed by atoms with Gasteiger partial charge in [-0.15, -0.1) is 0 Å². The first-order valence-corrected chi connectivity index (χ1v) is 7.22. The molecule has 1 aromatic heterocycles. The van der Waals surface area contributed by atoms with Crippen molar-refractivity contribution in [2.45, 2.75) is 32.4 Å². The van der Waals surface area contributed by atoms with Crippen LogP contribution >= 0.6 is 0 Å². The molecule has 3 nitrogen and oxygen atoms in total. The van der Waals surface area contributed by atoms with Gasteiger partial charge in [-0.3, -0.25) is 0 Å². The Labute approximate surface area is 120 Å². The van der Waals surface area contributed by atoms with Crippen LogP contribution in [0.1, 0.15) is 24.1 Å². The molecule has 1 N–H and O–H groups in total. The van der Waals surface area contributed by atoms with Crippen LogP contribution in [0.5, 0.6) is 0 Å². The van der Waals surface area contributed by atoms with Gasteiger partial charge in [0.25, 0.3) is 0 Å². The van der Waals surface area contributed by atoms with E-state index in [1.54, 1.807) is 0 Å². The van der Waals surface area contributed by atoms with Crippen LogP contribution in [-0.2, 0) is 6.54 Å². The zero-order valence-corrected chi connectivity index (χ0v) is 12.1. The van der Waals surface area contributed by atoms with E-state index < -0.39 is 0 Å². The second-order valence-corrected chi connectivity index (χ2v) is 5.52. The van der Waals surface area contributed by atoms with E-state index in [0.29, 0.717) is 0 Å². The summed E-state index contributed by atoms with van der Waals surface area (Å²) in [6, 6.07) is 15.4. The summed E-state index contributed by atoms with van der Waals surface area (Å²) in [4.78, 5) is 6.78. The van der Waals surface area contributed by atoms with Crippen molar-refractivity contribution in [1.82, 2.24) is 10.3 Å². The SMILES string of the molecule is Cc1cc(CNC2CC2)cc(N(C)c2ccccc2)n1. The maximum Gasteiger partial charge on any atom is 0.133 e. The number of nitrogens with one attached hydrogen (secondary N) is 1. The normalized spacial score (nSPS) is 14.3. The molecule has 0 spiro atoms.